The maximum absolute atomic E-state index is 13.6. The lowest BCUT2D eigenvalue weighted by Crippen LogP contribution is -2.50. The average molecular weight is 460 g/mol. The predicted octanol–water partition coefficient (Wildman–Crippen LogP) is 3.78. The molecule has 2 aliphatic heterocycles. The van der Waals surface area contributed by atoms with E-state index in [0.29, 0.717) is 30.8 Å². The number of nitrogens with zero attached hydrogens (tertiary/aromatic N) is 5. The van der Waals surface area contributed by atoms with Crippen LogP contribution in [0.15, 0.2) is 6.20 Å². The molecule has 2 saturated heterocycles. The second-order valence-corrected chi connectivity index (χ2v) is 9.65. The zero-order valence-corrected chi connectivity index (χ0v) is 19.2. The second kappa shape index (κ2) is 8.53. The van der Waals surface area contributed by atoms with E-state index < -0.39 is 12.0 Å². The molecule has 4 heterocycles. The van der Waals surface area contributed by atoms with Gasteiger partial charge in [-0.05, 0) is 38.0 Å². The molecule has 0 saturated carbocycles. The number of halogens is 2. The van der Waals surface area contributed by atoms with Gasteiger partial charge < -0.3 is 20.1 Å². The lowest BCUT2D eigenvalue weighted by Gasteiger charge is -2.35. The van der Waals surface area contributed by atoms with Crippen molar-refractivity contribution in [1.82, 2.24) is 24.8 Å². The summed E-state index contributed by atoms with van der Waals surface area (Å²) in [5, 5.41) is 3.34. The highest BCUT2D eigenvalue weighted by Gasteiger charge is 2.41. The molecule has 0 bridgehead atoms. The number of aryl methyl sites for hydroxylation is 1. The molecule has 3 aliphatic rings. The molecule has 1 atom stereocenters. The molecule has 2 N–H and O–H groups in total. The molecular formula is C23H31F2N7O. The summed E-state index contributed by atoms with van der Waals surface area (Å²) in [4.78, 5) is 34.2. The third-order valence-corrected chi connectivity index (χ3v) is 6.98. The molecule has 2 fully saturated rings. The Hall–Kier alpha value is -2.78. The number of rotatable bonds is 5. The number of hydrogen-bond acceptors (Lipinski definition) is 6. The van der Waals surface area contributed by atoms with Crippen LogP contribution in [0.25, 0.3) is 0 Å². The Morgan fingerprint density at radius 1 is 1.18 bits per heavy atom. The van der Waals surface area contributed by atoms with Gasteiger partial charge in [0.15, 0.2) is 0 Å². The molecule has 0 aromatic carbocycles. The van der Waals surface area contributed by atoms with Crippen LogP contribution >= 0.6 is 0 Å². The van der Waals surface area contributed by atoms with Crippen LogP contribution in [0.2, 0.25) is 0 Å². The summed E-state index contributed by atoms with van der Waals surface area (Å²) in [5.74, 6) is -0.516. The number of H-pyrrole nitrogens is 1. The van der Waals surface area contributed by atoms with E-state index in [1.807, 2.05) is 11.1 Å². The fraction of sp³-hybridized carbons (Fsp3) is 0.652. The van der Waals surface area contributed by atoms with Gasteiger partial charge in [0.25, 0.3) is 5.92 Å². The van der Waals surface area contributed by atoms with Crippen molar-refractivity contribution >= 4 is 23.6 Å². The Kier molecular flexibility index (Phi) is 5.70. The first-order valence-corrected chi connectivity index (χ1v) is 12.0. The normalized spacial score (nSPS) is 22.2. The number of aromatic amines is 1. The van der Waals surface area contributed by atoms with Crippen LogP contribution in [-0.2, 0) is 17.6 Å². The van der Waals surface area contributed by atoms with Crippen LogP contribution in [0, 0.1) is 0 Å². The van der Waals surface area contributed by atoms with Crippen LogP contribution in [0.1, 0.15) is 68.8 Å². The zero-order chi connectivity index (χ0) is 23.2. The third-order valence-electron chi connectivity index (χ3n) is 6.98. The summed E-state index contributed by atoms with van der Waals surface area (Å²) >= 11 is 0. The van der Waals surface area contributed by atoms with Gasteiger partial charge in [-0.1, -0.05) is 13.8 Å². The summed E-state index contributed by atoms with van der Waals surface area (Å²) in [6.07, 6.45) is 5.62. The van der Waals surface area contributed by atoms with Gasteiger partial charge in [0.05, 0.1) is 11.9 Å². The number of imidazole rings is 1. The van der Waals surface area contributed by atoms with Gasteiger partial charge in [-0.25, -0.2) is 18.7 Å². The molecule has 33 heavy (non-hydrogen) atoms. The Morgan fingerprint density at radius 2 is 1.97 bits per heavy atom. The maximum atomic E-state index is 13.6. The molecule has 2 aromatic heterocycles. The van der Waals surface area contributed by atoms with Crippen molar-refractivity contribution in [2.75, 3.05) is 29.9 Å². The van der Waals surface area contributed by atoms with E-state index in [4.69, 9.17) is 9.97 Å². The SMILES string of the molecule is CC(C)c1cnc(Nc2nc(N3CCC[C@@H]3C(=O)N3CCC(F)(F)CC3)nc3c2CCC3)[nH]1. The highest BCUT2D eigenvalue weighted by Crippen LogP contribution is 2.34. The monoisotopic (exact) mass is 459 g/mol. The summed E-state index contributed by atoms with van der Waals surface area (Å²) < 4.78 is 27.1. The number of likely N-dealkylation sites (tertiary alicyclic amines) is 1. The van der Waals surface area contributed by atoms with Gasteiger partial charge in [-0.15, -0.1) is 0 Å². The molecule has 0 radical (unpaired) electrons. The van der Waals surface area contributed by atoms with E-state index in [2.05, 4.69) is 29.1 Å². The van der Waals surface area contributed by atoms with Gasteiger partial charge in [0, 0.05) is 43.7 Å². The van der Waals surface area contributed by atoms with Crippen LogP contribution in [-0.4, -0.2) is 62.3 Å². The average Bonchev–Trinajstić information content (AvgIpc) is 3.53. The van der Waals surface area contributed by atoms with E-state index in [-0.39, 0.29) is 31.8 Å². The third kappa shape index (κ3) is 4.39. The Balaban J connectivity index is 1.39. The van der Waals surface area contributed by atoms with Crippen LogP contribution in [0.3, 0.4) is 0 Å². The molecule has 5 rings (SSSR count). The summed E-state index contributed by atoms with van der Waals surface area (Å²) in [7, 11) is 0. The number of amides is 1. The van der Waals surface area contributed by atoms with Crippen molar-refractivity contribution in [2.45, 2.75) is 76.7 Å². The molecular weight excluding hydrogens is 428 g/mol. The Morgan fingerprint density at radius 3 is 2.70 bits per heavy atom. The highest BCUT2D eigenvalue weighted by molar-refractivity contribution is 5.85. The smallest absolute Gasteiger partial charge is 0.251 e. The fourth-order valence-corrected chi connectivity index (χ4v) is 4.98. The lowest BCUT2D eigenvalue weighted by molar-refractivity contribution is -0.138. The number of piperidine rings is 1. The van der Waals surface area contributed by atoms with Gasteiger partial charge in [0.1, 0.15) is 11.9 Å². The number of anilines is 3. The van der Waals surface area contributed by atoms with Gasteiger partial charge in [-0.3, -0.25) is 4.79 Å². The van der Waals surface area contributed by atoms with E-state index in [9.17, 15) is 13.6 Å². The first-order valence-electron chi connectivity index (χ1n) is 12.0. The zero-order valence-electron chi connectivity index (χ0n) is 19.2. The van der Waals surface area contributed by atoms with Crippen LogP contribution in [0.4, 0.5) is 26.5 Å². The number of fused-ring (bicyclic) bond motifs is 1. The maximum Gasteiger partial charge on any atom is 0.251 e. The first-order chi connectivity index (χ1) is 15.8. The predicted molar refractivity (Wildman–Crippen MR) is 121 cm³/mol. The van der Waals surface area contributed by atoms with E-state index in [1.54, 1.807) is 4.90 Å². The van der Waals surface area contributed by atoms with E-state index in [1.165, 1.54) is 0 Å². The van der Waals surface area contributed by atoms with Gasteiger partial charge >= 0.3 is 0 Å². The molecule has 8 nitrogen and oxygen atoms in total. The van der Waals surface area contributed by atoms with Crippen LogP contribution in [0.5, 0.6) is 0 Å². The van der Waals surface area contributed by atoms with Crippen molar-refractivity contribution in [3.8, 4) is 0 Å². The minimum atomic E-state index is -2.67. The van der Waals surface area contributed by atoms with Crippen molar-refractivity contribution in [1.29, 1.82) is 0 Å². The van der Waals surface area contributed by atoms with Crippen molar-refractivity contribution in [3.05, 3.63) is 23.1 Å². The molecule has 10 heteroatoms. The largest absolute Gasteiger partial charge is 0.340 e. The molecule has 0 spiro atoms. The summed E-state index contributed by atoms with van der Waals surface area (Å²) in [5.41, 5.74) is 3.15. The van der Waals surface area contributed by atoms with Crippen molar-refractivity contribution in [2.24, 2.45) is 0 Å². The summed E-state index contributed by atoms with van der Waals surface area (Å²) in [6.45, 7) is 5.09. The highest BCUT2D eigenvalue weighted by atomic mass is 19.3. The number of nitrogens with one attached hydrogen (secondary N) is 2. The number of hydrogen-bond donors (Lipinski definition) is 2. The van der Waals surface area contributed by atoms with Crippen LogP contribution < -0.4 is 10.2 Å². The second-order valence-electron chi connectivity index (χ2n) is 9.65. The Bertz CT molecular complexity index is 1030. The number of carbonyl (C=O) groups is 1. The molecule has 0 unspecified atom stereocenters. The standard InChI is InChI=1S/C23H31F2N7O/c1-14(2)17-13-26-21(27-17)29-19-15-5-3-6-16(15)28-22(30-19)32-10-4-7-18(32)20(33)31-11-8-23(24,25)9-12-31/h13-14,18H,3-12H2,1-2H3,(H2,26,27,28,29,30)/t18-/m1/s1. The minimum absolute atomic E-state index is 0.0887. The Labute approximate surface area is 192 Å². The molecule has 178 valence electrons. The van der Waals surface area contributed by atoms with E-state index >= 15 is 0 Å². The van der Waals surface area contributed by atoms with Crippen molar-refractivity contribution in [3.63, 3.8) is 0 Å². The number of alkyl halides is 2. The number of carbonyl (C=O) groups excluding carboxylic acids is 1. The number of aromatic nitrogens is 4. The van der Waals surface area contributed by atoms with Crippen molar-refractivity contribution < 1.29 is 13.6 Å². The van der Waals surface area contributed by atoms with Gasteiger partial charge in [0.2, 0.25) is 17.8 Å². The van der Waals surface area contributed by atoms with Gasteiger partial charge in [-0.2, -0.15) is 4.98 Å². The molecule has 2 aromatic rings. The lowest BCUT2D eigenvalue weighted by atomic mass is 10.1. The fourth-order valence-electron chi connectivity index (χ4n) is 4.98. The topological polar surface area (TPSA) is 90.0 Å². The first kappa shape index (κ1) is 22.0. The molecule has 1 aliphatic carbocycles. The molecule has 1 amide bonds. The minimum Gasteiger partial charge on any atom is -0.340 e. The quantitative estimate of drug-likeness (QED) is 0.707. The van der Waals surface area contributed by atoms with E-state index in [0.717, 1.165) is 48.5 Å². The summed E-state index contributed by atoms with van der Waals surface area (Å²) in [6, 6.07) is -0.403.